The summed E-state index contributed by atoms with van der Waals surface area (Å²) in [4.78, 5) is 2.48. The van der Waals surface area contributed by atoms with E-state index in [1.165, 1.54) is 18.5 Å². The number of hydrogen-bond acceptors (Lipinski definition) is 2. The van der Waals surface area contributed by atoms with Crippen molar-refractivity contribution in [1.82, 2.24) is 4.90 Å². The average Bonchev–Trinajstić information content (AvgIpc) is 2.29. The molecule has 0 saturated carbocycles. The van der Waals surface area contributed by atoms with E-state index in [1.807, 2.05) is 0 Å². The highest BCUT2D eigenvalue weighted by Gasteiger charge is 2.09. The number of morpholine rings is 1. The van der Waals surface area contributed by atoms with Gasteiger partial charge in [-0.05, 0) is 43.1 Å². The van der Waals surface area contributed by atoms with Crippen LogP contribution in [-0.4, -0.2) is 37.7 Å². The summed E-state index contributed by atoms with van der Waals surface area (Å²) in [6, 6.07) is 6.47. The van der Waals surface area contributed by atoms with Gasteiger partial charge >= 0.3 is 0 Å². The molecule has 0 radical (unpaired) electrons. The molecule has 17 heavy (non-hydrogen) atoms. The summed E-state index contributed by atoms with van der Waals surface area (Å²) in [6.45, 7) is 5.13. The first-order chi connectivity index (χ1) is 8.24. The molecule has 1 fully saturated rings. The molecule has 94 valence electrons. The molecule has 4 heteroatoms. The molecule has 1 aromatic rings. The van der Waals surface area contributed by atoms with E-state index in [0.29, 0.717) is 0 Å². The Hall–Kier alpha value is 0.1000. The number of benzene rings is 1. The highest BCUT2D eigenvalue weighted by atomic mass is 79.9. The summed E-state index contributed by atoms with van der Waals surface area (Å²) >= 11 is 7.05. The first-order valence-electron chi connectivity index (χ1n) is 5.99. The summed E-state index contributed by atoms with van der Waals surface area (Å²) in [5.41, 5.74) is 1.39. The van der Waals surface area contributed by atoms with Gasteiger partial charge in [-0.3, -0.25) is 4.90 Å². The number of aryl methyl sites for hydroxylation is 1. The smallest absolute Gasteiger partial charge is 0.0594 e. The molecule has 1 aliphatic rings. The van der Waals surface area contributed by atoms with Crippen LogP contribution in [0.5, 0.6) is 0 Å². The Kier molecular flexibility index (Phi) is 5.48. The van der Waals surface area contributed by atoms with Gasteiger partial charge in [-0.2, -0.15) is 0 Å². The van der Waals surface area contributed by atoms with E-state index < -0.39 is 0 Å². The van der Waals surface area contributed by atoms with Crippen LogP contribution in [-0.2, 0) is 11.2 Å². The lowest BCUT2D eigenvalue weighted by Crippen LogP contribution is -2.36. The van der Waals surface area contributed by atoms with Crippen molar-refractivity contribution in [3.63, 3.8) is 0 Å². The maximum Gasteiger partial charge on any atom is 0.0594 e. The molecule has 0 aromatic heterocycles. The number of rotatable bonds is 4. The molecule has 2 nitrogen and oxygen atoms in total. The van der Waals surface area contributed by atoms with E-state index in [9.17, 15) is 0 Å². The molecular weight excluding hydrogens is 346 g/mol. The van der Waals surface area contributed by atoms with Crippen molar-refractivity contribution in [3.8, 4) is 0 Å². The number of nitrogens with zero attached hydrogens (tertiary/aromatic N) is 1. The van der Waals surface area contributed by atoms with E-state index >= 15 is 0 Å². The molecule has 1 aliphatic heterocycles. The fourth-order valence-corrected chi connectivity index (χ4v) is 3.48. The molecule has 0 bridgehead atoms. The van der Waals surface area contributed by atoms with Crippen LogP contribution in [0.1, 0.15) is 12.0 Å². The minimum absolute atomic E-state index is 0.891. The minimum Gasteiger partial charge on any atom is -0.379 e. The fourth-order valence-electron chi connectivity index (χ4n) is 2.09. The Morgan fingerprint density at radius 3 is 2.35 bits per heavy atom. The zero-order valence-electron chi connectivity index (χ0n) is 9.79. The fraction of sp³-hybridized carbons (Fsp3) is 0.538. The molecule has 0 spiro atoms. The van der Waals surface area contributed by atoms with Gasteiger partial charge in [0.1, 0.15) is 0 Å². The third-order valence-electron chi connectivity index (χ3n) is 2.97. The topological polar surface area (TPSA) is 12.5 Å². The number of ether oxygens (including phenoxy) is 1. The second-order valence-corrected chi connectivity index (χ2v) is 6.17. The predicted molar refractivity (Wildman–Crippen MR) is 77.4 cm³/mol. The van der Waals surface area contributed by atoms with Crippen LogP contribution in [0.25, 0.3) is 0 Å². The van der Waals surface area contributed by atoms with Crippen LogP contribution < -0.4 is 0 Å². The van der Waals surface area contributed by atoms with Gasteiger partial charge in [0.05, 0.1) is 13.2 Å². The second-order valence-electron chi connectivity index (χ2n) is 4.34. The van der Waals surface area contributed by atoms with Crippen molar-refractivity contribution < 1.29 is 4.74 Å². The Labute approximate surface area is 120 Å². The van der Waals surface area contributed by atoms with Gasteiger partial charge < -0.3 is 4.74 Å². The van der Waals surface area contributed by atoms with Gasteiger partial charge in [-0.15, -0.1) is 0 Å². The van der Waals surface area contributed by atoms with Crippen LogP contribution >= 0.6 is 31.9 Å². The lowest BCUT2D eigenvalue weighted by molar-refractivity contribution is 0.0374. The Morgan fingerprint density at radius 2 is 1.71 bits per heavy atom. The van der Waals surface area contributed by atoms with Crippen LogP contribution in [0.4, 0.5) is 0 Å². The van der Waals surface area contributed by atoms with E-state index in [4.69, 9.17) is 4.74 Å². The summed E-state index contributed by atoms with van der Waals surface area (Å²) < 4.78 is 7.63. The van der Waals surface area contributed by atoms with Crippen molar-refractivity contribution >= 4 is 31.9 Å². The molecule has 0 atom stereocenters. The zero-order valence-corrected chi connectivity index (χ0v) is 13.0. The predicted octanol–water partition coefficient (Wildman–Crippen LogP) is 3.48. The van der Waals surface area contributed by atoms with E-state index in [-0.39, 0.29) is 0 Å². The third kappa shape index (κ3) is 4.70. The lowest BCUT2D eigenvalue weighted by Gasteiger charge is -2.26. The quantitative estimate of drug-likeness (QED) is 0.813. The molecule has 0 N–H and O–H groups in total. The Bertz CT molecular complexity index is 344. The molecule has 1 heterocycles. The maximum atomic E-state index is 5.34. The van der Waals surface area contributed by atoms with E-state index in [1.54, 1.807) is 0 Å². The van der Waals surface area contributed by atoms with Gasteiger partial charge in [0, 0.05) is 22.0 Å². The third-order valence-corrected chi connectivity index (χ3v) is 3.88. The van der Waals surface area contributed by atoms with Crippen molar-refractivity contribution in [2.75, 3.05) is 32.8 Å². The van der Waals surface area contributed by atoms with E-state index in [2.05, 4.69) is 55.0 Å². The first-order valence-corrected chi connectivity index (χ1v) is 7.58. The zero-order chi connectivity index (χ0) is 12.1. The number of hydrogen-bond donors (Lipinski definition) is 0. The molecular formula is C13H17Br2NO. The molecule has 0 aliphatic carbocycles. The SMILES string of the molecule is Brc1cc(Br)cc(CCCN2CCOCC2)c1. The van der Waals surface area contributed by atoms with Crippen LogP contribution in [0.3, 0.4) is 0 Å². The normalized spacial score (nSPS) is 17.3. The average molecular weight is 363 g/mol. The lowest BCUT2D eigenvalue weighted by atomic mass is 10.1. The summed E-state index contributed by atoms with van der Waals surface area (Å²) in [5, 5.41) is 0. The van der Waals surface area contributed by atoms with Crippen LogP contribution in [0.2, 0.25) is 0 Å². The minimum atomic E-state index is 0.891. The molecule has 2 rings (SSSR count). The highest BCUT2D eigenvalue weighted by molar-refractivity contribution is 9.11. The highest BCUT2D eigenvalue weighted by Crippen LogP contribution is 2.21. The standard InChI is InChI=1S/C13H17Br2NO/c14-12-8-11(9-13(15)10-12)2-1-3-16-4-6-17-7-5-16/h8-10H,1-7H2. The Balaban J connectivity index is 1.77. The van der Waals surface area contributed by atoms with Gasteiger partial charge in [0.2, 0.25) is 0 Å². The second kappa shape index (κ2) is 6.88. The van der Waals surface area contributed by atoms with Crippen LogP contribution in [0, 0.1) is 0 Å². The molecule has 1 aromatic carbocycles. The van der Waals surface area contributed by atoms with Crippen LogP contribution in [0.15, 0.2) is 27.1 Å². The molecule has 1 saturated heterocycles. The van der Waals surface area contributed by atoms with Gasteiger partial charge in [0.25, 0.3) is 0 Å². The largest absolute Gasteiger partial charge is 0.379 e. The first kappa shape index (κ1) is 13.5. The van der Waals surface area contributed by atoms with Crippen molar-refractivity contribution in [1.29, 1.82) is 0 Å². The summed E-state index contributed by atoms with van der Waals surface area (Å²) in [6.07, 6.45) is 2.35. The van der Waals surface area contributed by atoms with Crippen molar-refractivity contribution in [2.45, 2.75) is 12.8 Å². The monoisotopic (exact) mass is 361 g/mol. The number of halogens is 2. The molecule has 0 amide bonds. The van der Waals surface area contributed by atoms with Gasteiger partial charge in [0.15, 0.2) is 0 Å². The maximum absolute atomic E-state index is 5.34. The summed E-state index contributed by atoms with van der Waals surface area (Å²) in [7, 11) is 0. The Morgan fingerprint density at radius 1 is 1.06 bits per heavy atom. The van der Waals surface area contributed by atoms with E-state index in [0.717, 1.165) is 41.7 Å². The molecule has 0 unspecified atom stereocenters. The van der Waals surface area contributed by atoms with Gasteiger partial charge in [-0.1, -0.05) is 31.9 Å². The summed E-state index contributed by atoms with van der Waals surface area (Å²) in [5.74, 6) is 0. The van der Waals surface area contributed by atoms with Gasteiger partial charge in [-0.25, -0.2) is 0 Å². The van der Waals surface area contributed by atoms with Crippen molar-refractivity contribution in [3.05, 3.63) is 32.7 Å². The van der Waals surface area contributed by atoms with Crippen molar-refractivity contribution in [2.24, 2.45) is 0 Å².